The Bertz CT molecular complexity index is 480. The molecule has 1 aliphatic rings. The van der Waals surface area contributed by atoms with Crippen LogP contribution in [-0.4, -0.2) is 45.8 Å². The summed E-state index contributed by atoms with van der Waals surface area (Å²) < 4.78 is 1.60. The minimum Gasteiger partial charge on any atom is -0.363 e. The quantitative estimate of drug-likeness (QED) is 0.616. The van der Waals surface area contributed by atoms with Gasteiger partial charge < -0.3 is 10.2 Å². The number of aromatic nitrogens is 2. The smallest absolute Gasteiger partial charge is 0.333 e. The van der Waals surface area contributed by atoms with Crippen LogP contribution in [-0.2, 0) is 13.5 Å². The second kappa shape index (κ2) is 7.40. The monoisotopic (exact) mass is 295 g/mol. The van der Waals surface area contributed by atoms with E-state index in [-0.39, 0.29) is 10.6 Å². The standard InChI is InChI=1S/C14H25N5O2/c1-3-7-12-13(19(20)21)14(17(2)16-12)15-8-11-18-9-5-4-6-10-18/h15H,3-11H2,1-2H3. The molecule has 1 fully saturated rings. The van der Waals surface area contributed by atoms with E-state index >= 15 is 0 Å². The molecule has 21 heavy (non-hydrogen) atoms. The molecule has 1 N–H and O–H groups in total. The summed E-state index contributed by atoms with van der Waals surface area (Å²) >= 11 is 0. The SMILES string of the molecule is CCCc1nn(C)c(NCCN2CCCCC2)c1[N+](=O)[O-]. The second-order valence-corrected chi connectivity index (χ2v) is 5.60. The van der Waals surface area contributed by atoms with Crippen molar-refractivity contribution in [3.05, 3.63) is 15.8 Å². The van der Waals surface area contributed by atoms with E-state index in [2.05, 4.69) is 15.3 Å². The van der Waals surface area contributed by atoms with Crippen LogP contribution in [0.5, 0.6) is 0 Å². The summed E-state index contributed by atoms with van der Waals surface area (Å²) in [5.41, 5.74) is 0.712. The molecule has 0 aliphatic carbocycles. The van der Waals surface area contributed by atoms with Gasteiger partial charge in [-0.1, -0.05) is 19.8 Å². The molecule has 1 aliphatic heterocycles. The van der Waals surface area contributed by atoms with Gasteiger partial charge in [0.05, 0.1) is 4.92 Å². The zero-order valence-electron chi connectivity index (χ0n) is 13.0. The molecule has 1 saturated heterocycles. The minimum absolute atomic E-state index is 0.137. The zero-order valence-corrected chi connectivity index (χ0v) is 13.0. The molecule has 2 rings (SSSR count). The molecule has 0 radical (unpaired) electrons. The van der Waals surface area contributed by atoms with Gasteiger partial charge in [0.2, 0.25) is 5.82 Å². The molecular formula is C14H25N5O2. The lowest BCUT2D eigenvalue weighted by Gasteiger charge is -2.26. The Balaban J connectivity index is 1.99. The van der Waals surface area contributed by atoms with Crippen molar-refractivity contribution >= 4 is 11.5 Å². The van der Waals surface area contributed by atoms with Gasteiger partial charge in [-0.05, 0) is 32.4 Å². The largest absolute Gasteiger partial charge is 0.363 e. The maximum Gasteiger partial charge on any atom is 0.333 e. The van der Waals surface area contributed by atoms with E-state index in [1.165, 1.54) is 19.3 Å². The van der Waals surface area contributed by atoms with Crippen molar-refractivity contribution in [2.45, 2.75) is 39.0 Å². The second-order valence-electron chi connectivity index (χ2n) is 5.60. The first-order chi connectivity index (χ1) is 10.1. The van der Waals surface area contributed by atoms with Gasteiger partial charge in [-0.15, -0.1) is 0 Å². The van der Waals surface area contributed by atoms with Crippen molar-refractivity contribution in [2.24, 2.45) is 7.05 Å². The Labute approximate surface area is 125 Å². The predicted octanol–water partition coefficient (Wildman–Crippen LogP) is 2.18. The van der Waals surface area contributed by atoms with E-state index in [9.17, 15) is 10.1 Å². The highest BCUT2D eigenvalue weighted by atomic mass is 16.6. The van der Waals surface area contributed by atoms with Crippen LogP contribution >= 0.6 is 0 Å². The summed E-state index contributed by atoms with van der Waals surface area (Å²) in [6.07, 6.45) is 5.32. The van der Waals surface area contributed by atoms with Crippen LogP contribution in [0, 0.1) is 10.1 Å². The van der Waals surface area contributed by atoms with Crippen LogP contribution in [0.15, 0.2) is 0 Å². The molecule has 0 saturated carbocycles. The van der Waals surface area contributed by atoms with Crippen LogP contribution in [0.4, 0.5) is 11.5 Å². The Hall–Kier alpha value is -1.63. The first-order valence-electron chi connectivity index (χ1n) is 7.80. The van der Waals surface area contributed by atoms with Crippen LogP contribution in [0.3, 0.4) is 0 Å². The van der Waals surface area contributed by atoms with Crippen molar-refractivity contribution in [1.82, 2.24) is 14.7 Å². The number of anilines is 1. The van der Waals surface area contributed by atoms with Crippen molar-refractivity contribution in [3.63, 3.8) is 0 Å². The fourth-order valence-electron chi connectivity index (χ4n) is 2.88. The van der Waals surface area contributed by atoms with Crippen LogP contribution in [0.25, 0.3) is 0 Å². The van der Waals surface area contributed by atoms with E-state index in [1.54, 1.807) is 11.7 Å². The molecule has 0 aromatic carbocycles. The number of nitro groups is 1. The van der Waals surface area contributed by atoms with Gasteiger partial charge in [0.25, 0.3) is 0 Å². The molecule has 0 atom stereocenters. The Kier molecular flexibility index (Phi) is 5.55. The number of piperidine rings is 1. The van der Waals surface area contributed by atoms with Gasteiger partial charge >= 0.3 is 5.69 Å². The zero-order chi connectivity index (χ0) is 15.2. The Morgan fingerprint density at radius 1 is 1.33 bits per heavy atom. The lowest BCUT2D eigenvalue weighted by atomic mass is 10.1. The number of likely N-dealkylation sites (tertiary alicyclic amines) is 1. The third-order valence-electron chi connectivity index (χ3n) is 3.93. The average molecular weight is 295 g/mol. The summed E-state index contributed by atoms with van der Waals surface area (Å²) in [5.74, 6) is 0.528. The predicted molar refractivity (Wildman–Crippen MR) is 82.6 cm³/mol. The first-order valence-corrected chi connectivity index (χ1v) is 7.80. The Morgan fingerprint density at radius 2 is 2.05 bits per heavy atom. The van der Waals surface area contributed by atoms with Gasteiger partial charge in [-0.3, -0.25) is 10.1 Å². The maximum atomic E-state index is 11.3. The fourth-order valence-corrected chi connectivity index (χ4v) is 2.88. The molecule has 118 valence electrons. The number of hydrogen-bond donors (Lipinski definition) is 1. The van der Waals surface area contributed by atoms with Crippen molar-refractivity contribution in [3.8, 4) is 0 Å². The number of nitrogens with zero attached hydrogens (tertiary/aromatic N) is 4. The van der Waals surface area contributed by atoms with Gasteiger partial charge in [-0.2, -0.15) is 5.10 Å². The van der Waals surface area contributed by atoms with Crippen molar-refractivity contribution in [1.29, 1.82) is 0 Å². The molecule has 2 heterocycles. The number of nitrogens with one attached hydrogen (secondary N) is 1. The first kappa shape index (κ1) is 15.8. The average Bonchev–Trinajstić information content (AvgIpc) is 2.77. The molecule has 7 nitrogen and oxygen atoms in total. The summed E-state index contributed by atoms with van der Waals surface area (Å²) in [6.45, 7) is 5.91. The van der Waals surface area contributed by atoms with Crippen LogP contribution in [0.2, 0.25) is 0 Å². The van der Waals surface area contributed by atoms with Crippen LogP contribution in [0.1, 0.15) is 38.3 Å². The number of aryl methyl sites for hydroxylation is 2. The molecule has 0 unspecified atom stereocenters. The van der Waals surface area contributed by atoms with E-state index in [1.807, 2.05) is 6.92 Å². The molecular weight excluding hydrogens is 270 g/mol. The van der Waals surface area contributed by atoms with Gasteiger partial charge in [0.15, 0.2) is 0 Å². The number of rotatable bonds is 7. The van der Waals surface area contributed by atoms with E-state index < -0.39 is 0 Å². The lowest BCUT2D eigenvalue weighted by Crippen LogP contribution is -2.34. The Morgan fingerprint density at radius 3 is 2.67 bits per heavy atom. The topological polar surface area (TPSA) is 76.2 Å². The fraction of sp³-hybridized carbons (Fsp3) is 0.786. The lowest BCUT2D eigenvalue weighted by molar-refractivity contribution is -0.384. The van der Waals surface area contributed by atoms with Crippen LogP contribution < -0.4 is 5.32 Å². The number of hydrogen-bond acceptors (Lipinski definition) is 5. The van der Waals surface area contributed by atoms with E-state index in [0.717, 1.165) is 26.1 Å². The van der Waals surface area contributed by atoms with Crippen molar-refractivity contribution in [2.75, 3.05) is 31.5 Å². The maximum absolute atomic E-state index is 11.3. The van der Waals surface area contributed by atoms with E-state index in [0.29, 0.717) is 24.5 Å². The summed E-state index contributed by atoms with van der Waals surface area (Å²) in [7, 11) is 1.76. The minimum atomic E-state index is -0.318. The molecule has 1 aromatic rings. The normalized spacial score (nSPS) is 16.1. The van der Waals surface area contributed by atoms with Gasteiger partial charge in [0.1, 0.15) is 5.69 Å². The highest BCUT2D eigenvalue weighted by Crippen LogP contribution is 2.28. The molecule has 0 amide bonds. The summed E-state index contributed by atoms with van der Waals surface area (Å²) in [5, 5.41) is 18.8. The highest BCUT2D eigenvalue weighted by Gasteiger charge is 2.25. The third kappa shape index (κ3) is 3.93. The van der Waals surface area contributed by atoms with Gasteiger partial charge in [-0.25, -0.2) is 4.68 Å². The van der Waals surface area contributed by atoms with Gasteiger partial charge in [0, 0.05) is 20.1 Å². The van der Waals surface area contributed by atoms with E-state index in [4.69, 9.17) is 0 Å². The molecule has 0 spiro atoms. The summed E-state index contributed by atoms with van der Waals surface area (Å²) in [6, 6.07) is 0. The van der Waals surface area contributed by atoms with Crippen molar-refractivity contribution < 1.29 is 4.92 Å². The molecule has 0 bridgehead atoms. The molecule has 7 heteroatoms. The summed E-state index contributed by atoms with van der Waals surface area (Å²) in [4.78, 5) is 13.4. The highest BCUT2D eigenvalue weighted by molar-refractivity contribution is 5.59. The third-order valence-corrected chi connectivity index (χ3v) is 3.93. The molecule has 1 aromatic heterocycles.